The molecule has 0 unspecified atom stereocenters. The van der Waals surface area contributed by atoms with Crippen molar-refractivity contribution in [2.75, 3.05) is 6.54 Å². The molecule has 0 radical (unpaired) electrons. The summed E-state index contributed by atoms with van der Waals surface area (Å²) in [6.07, 6.45) is 5.07. The van der Waals surface area contributed by atoms with Gasteiger partial charge in [0.25, 0.3) is 5.69 Å². The summed E-state index contributed by atoms with van der Waals surface area (Å²) in [6.45, 7) is 5.61. The minimum Gasteiger partial charge on any atom is -0.345 e. The smallest absolute Gasteiger partial charge is 0.269 e. The van der Waals surface area contributed by atoms with Crippen molar-refractivity contribution in [3.8, 4) is 0 Å². The molecule has 166 valence electrons. The van der Waals surface area contributed by atoms with E-state index in [9.17, 15) is 19.3 Å². The molecule has 0 N–H and O–H groups in total. The van der Waals surface area contributed by atoms with Crippen molar-refractivity contribution in [3.05, 3.63) is 106 Å². The summed E-state index contributed by atoms with van der Waals surface area (Å²) in [5.74, 6) is -0.141. The molecular weight excluding hydrogens is 409 g/mol. The Morgan fingerprint density at radius 2 is 1.91 bits per heavy atom. The Balaban J connectivity index is 1.73. The van der Waals surface area contributed by atoms with Crippen LogP contribution in [0.25, 0.3) is 6.08 Å². The number of benzene rings is 2. The molecule has 0 saturated heterocycles. The standard InChI is InChI=1S/C25H26FN3O3/c1-19(2)16-28(25(30)13-10-20-8-11-23(12-9-20)29(31)32)18-24-7-4-14-27(24)17-21-5-3-6-22(26)15-21/h3-15,19H,16-18H2,1-2H3. The first-order valence-corrected chi connectivity index (χ1v) is 10.4. The molecule has 0 saturated carbocycles. The van der Waals surface area contributed by atoms with Crippen LogP contribution >= 0.6 is 0 Å². The number of aromatic nitrogens is 1. The van der Waals surface area contributed by atoms with Gasteiger partial charge in [-0.2, -0.15) is 0 Å². The highest BCUT2D eigenvalue weighted by atomic mass is 19.1. The Morgan fingerprint density at radius 1 is 1.16 bits per heavy atom. The molecule has 0 fully saturated rings. The fourth-order valence-electron chi connectivity index (χ4n) is 3.43. The van der Waals surface area contributed by atoms with Crippen LogP contribution in [0.1, 0.15) is 30.7 Å². The highest BCUT2D eigenvalue weighted by Crippen LogP contribution is 2.15. The molecule has 3 rings (SSSR count). The van der Waals surface area contributed by atoms with E-state index in [1.165, 1.54) is 30.3 Å². The lowest BCUT2D eigenvalue weighted by Gasteiger charge is -2.24. The van der Waals surface area contributed by atoms with Gasteiger partial charge in [0.1, 0.15) is 5.82 Å². The van der Waals surface area contributed by atoms with Crippen molar-refractivity contribution < 1.29 is 14.1 Å². The van der Waals surface area contributed by atoms with E-state index in [0.29, 0.717) is 25.2 Å². The molecule has 0 aliphatic heterocycles. The molecule has 0 aliphatic rings. The minimum atomic E-state index is -0.456. The maximum atomic E-state index is 13.5. The molecule has 0 bridgehead atoms. The van der Waals surface area contributed by atoms with E-state index in [1.807, 2.05) is 42.8 Å². The lowest BCUT2D eigenvalue weighted by atomic mass is 10.1. The van der Waals surface area contributed by atoms with Gasteiger partial charge in [0.05, 0.1) is 11.5 Å². The Bertz CT molecular complexity index is 1100. The Hall–Kier alpha value is -3.74. The van der Waals surface area contributed by atoms with E-state index >= 15 is 0 Å². The van der Waals surface area contributed by atoms with Gasteiger partial charge in [0.2, 0.25) is 5.91 Å². The van der Waals surface area contributed by atoms with E-state index < -0.39 is 4.92 Å². The number of carbonyl (C=O) groups excluding carboxylic acids is 1. The summed E-state index contributed by atoms with van der Waals surface area (Å²) in [7, 11) is 0. The zero-order valence-corrected chi connectivity index (χ0v) is 18.1. The van der Waals surface area contributed by atoms with Gasteiger partial charge >= 0.3 is 0 Å². The molecule has 3 aromatic rings. The highest BCUT2D eigenvalue weighted by Gasteiger charge is 2.15. The van der Waals surface area contributed by atoms with Crippen LogP contribution in [0.4, 0.5) is 10.1 Å². The molecule has 0 aliphatic carbocycles. The zero-order valence-electron chi connectivity index (χ0n) is 18.1. The first-order valence-electron chi connectivity index (χ1n) is 10.4. The van der Waals surface area contributed by atoms with Crippen LogP contribution in [0.3, 0.4) is 0 Å². The van der Waals surface area contributed by atoms with E-state index in [0.717, 1.165) is 11.3 Å². The summed E-state index contributed by atoms with van der Waals surface area (Å²) in [5, 5.41) is 10.8. The van der Waals surface area contributed by atoms with Crippen molar-refractivity contribution in [1.29, 1.82) is 0 Å². The van der Waals surface area contributed by atoms with E-state index in [-0.39, 0.29) is 23.3 Å². The third-order valence-electron chi connectivity index (χ3n) is 4.94. The molecule has 0 spiro atoms. The van der Waals surface area contributed by atoms with Crippen LogP contribution in [0.5, 0.6) is 0 Å². The van der Waals surface area contributed by atoms with Crippen LogP contribution in [0, 0.1) is 21.8 Å². The van der Waals surface area contributed by atoms with Gasteiger partial charge in [0.15, 0.2) is 0 Å². The predicted octanol–water partition coefficient (Wildman–Crippen LogP) is 5.28. The third kappa shape index (κ3) is 6.38. The average Bonchev–Trinajstić information content (AvgIpc) is 3.18. The first kappa shape index (κ1) is 22.9. The average molecular weight is 435 g/mol. The van der Waals surface area contributed by atoms with Gasteiger partial charge in [-0.05, 0) is 59.5 Å². The number of halogens is 1. The first-order chi connectivity index (χ1) is 15.3. The number of hydrogen-bond donors (Lipinski definition) is 0. The van der Waals surface area contributed by atoms with Gasteiger partial charge in [-0.15, -0.1) is 0 Å². The molecule has 7 heteroatoms. The Kier molecular flexibility index (Phi) is 7.54. The van der Waals surface area contributed by atoms with Crippen LogP contribution in [-0.2, 0) is 17.9 Å². The lowest BCUT2D eigenvalue weighted by Crippen LogP contribution is -2.33. The monoisotopic (exact) mass is 435 g/mol. The van der Waals surface area contributed by atoms with E-state index in [1.54, 1.807) is 29.2 Å². The highest BCUT2D eigenvalue weighted by molar-refractivity contribution is 5.91. The molecule has 6 nitrogen and oxygen atoms in total. The Morgan fingerprint density at radius 3 is 2.56 bits per heavy atom. The van der Waals surface area contributed by atoms with Crippen molar-refractivity contribution in [3.63, 3.8) is 0 Å². The number of hydrogen-bond acceptors (Lipinski definition) is 3. The van der Waals surface area contributed by atoms with Crippen LogP contribution in [0.15, 0.2) is 72.9 Å². The van der Waals surface area contributed by atoms with Gasteiger partial charge in [0, 0.05) is 43.2 Å². The maximum Gasteiger partial charge on any atom is 0.269 e. The van der Waals surface area contributed by atoms with Crippen LogP contribution < -0.4 is 0 Å². The van der Waals surface area contributed by atoms with Gasteiger partial charge in [-0.1, -0.05) is 26.0 Å². The maximum absolute atomic E-state index is 13.5. The normalized spacial score (nSPS) is 11.2. The topological polar surface area (TPSA) is 68.4 Å². The second-order valence-electron chi connectivity index (χ2n) is 8.05. The summed E-state index contributed by atoms with van der Waals surface area (Å²) in [6, 6.07) is 16.4. The minimum absolute atomic E-state index is 0.00831. The number of carbonyl (C=O) groups is 1. The predicted molar refractivity (Wildman–Crippen MR) is 122 cm³/mol. The number of rotatable bonds is 9. The van der Waals surface area contributed by atoms with Crippen LogP contribution in [-0.4, -0.2) is 26.8 Å². The lowest BCUT2D eigenvalue weighted by molar-refractivity contribution is -0.384. The molecular formula is C25H26FN3O3. The van der Waals surface area contributed by atoms with Crippen LogP contribution in [0.2, 0.25) is 0 Å². The number of non-ortho nitro benzene ring substituents is 1. The second kappa shape index (κ2) is 10.5. The van der Waals surface area contributed by atoms with Crippen molar-refractivity contribution >= 4 is 17.7 Å². The summed E-state index contributed by atoms with van der Waals surface area (Å²) < 4.78 is 15.5. The zero-order chi connectivity index (χ0) is 23.1. The van der Waals surface area contributed by atoms with Crippen molar-refractivity contribution in [2.45, 2.75) is 26.9 Å². The SMILES string of the molecule is CC(C)CN(Cc1cccn1Cc1cccc(F)c1)C(=O)C=Cc1ccc([N+](=O)[O-])cc1. The summed E-state index contributed by atoms with van der Waals surface area (Å²) in [4.78, 5) is 25.0. The number of nitro benzene ring substituents is 1. The van der Waals surface area contributed by atoms with Crippen molar-refractivity contribution in [1.82, 2.24) is 9.47 Å². The fourth-order valence-corrected chi connectivity index (χ4v) is 3.43. The summed E-state index contributed by atoms with van der Waals surface area (Å²) in [5.41, 5.74) is 2.52. The van der Waals surface area contributed by atoms with Gasteiger partial charge in [-0.25, -0.2) is 4.39 Å². The van der Waals surface area contributed by atoms with Crippen molar-refractivity contribution in [2.24, 2.45) is 5.92 Å². The number of nitro groups is 1. The van der Waals surface area contributed by atoms with Gasteiger partial charge < -0.3 is 9.47 Å². The fraction of sp³-hybridized carbons (Fsp3) is 0.240. The third-order valence-corrected chi connectivity index (χ3v) is 4.94. The molecule has 1 aromatic heterocycles. The number of nitrogens with zero attached hydrogens (tertiary/aromatic N) is 3. The molecule has 32 heavy (non-hydrogen) atoms. The number of amides is 1. The molecule has 1 amide bonds. The molecule has 1 heterocycles. The largest absolute Gasteiger partial charge is 0.345 e. The summed E-state index contributed by atoms with van der Waals surface area (Å²) >= 11 is 0. The van der Waals surface area contributed by atoms with Gasteiger partial charge in [-0.3, -0.25) is 14.9 Å². The molecule has 0 atom stereocenters. The molecule has 2 aromatic carbocycles. The van der Waals surface area contributed by atoms with E-state index in [4.69, 9.17) is 0 Å². The quantitative estimate of drug-likeness (QED) is 0.261. The second-order valence-corrected chi connectivity index (χ2v) is 8.05. The van der Waals surface area contributed by atoms with E-state index in [2.05, 4.69) is 0 Å². The Labute approximate surface area is 186 Å².